The molecule has 0 aliphatic rings. The Hall–Kier alpha value is -0.970. The maximum atomic E-state index is 13.7. The summed E-state index contributed by atoms with van der Waals surface area (Å²) >= 11 is 9.23. The van der Waals surface area contributed by atoms with Crippen molar-refractivity contribution in [1.82, 2.24) is 5.32 Å². The fraction of sp³-hybridized carbons (Fsp3) is 0.200. The van der Waals surface area contributed by atoms with Crippen LogP contribution in [0.25, 0.3) is 0 Å². The van der Waals surface area contributed by atoms with Crippen LogP contribution in [0.2, 0.25) is 5.02 Å². The summed E-state index contributed by atoms with van der Waals surface area (Å²) in [5, 5.41) is 3.40. The second-order valence-electron chi connectivity index (χ2n) is 4.52. The number of rotatable bonds is 3. The number of halogens is 4. The molecule has 0 aliphatic carbocycles. The van der Waals surface area contributed by atoms with Gasteiger partial charge in [0.25, 0.3) is 0 Å². The van der Waals surface area contributed by atoms with E-state index in [4.69, 9.17) is 11.6 Å². The van der Waals surface area contributed by atoms with E-state index < -0.39 is 0 Å². The first-order valence-electron chi connectivity index (χ1n) is 6.01. The van der Waals surface area contributed by atoms with E-state index in [2.05, 4.69) is 21.2 Å². The Labute approximate surface area is 130 Å². The van der Waals surface area contributed by atoms with E-state index in [-0.39, 0.29) is 17.7 Å². The molecule has 0 aliphatic heterocycles. The van der Waals surface area contributed by atoms with Crippen LogP contribution in [0.5, 0.6) is 0 Å². The lowest BCUT2D eigenvalue weighted by Crippen LogP contribution is -2.18. The number of nitrogens with one attached hydrogen (secondary N) is 1. The highest BCUT2D eigenvalue weighted by molar-refractivity contribution is 9.10. The Bertz CT molecular complexity index is 646. The van der Waals surface area contributed by atoms with Crippen molar-refractivity contribution in [3.05, 3.63) is 68.2 Å². The predicted molar refractivity (Wildman–Crippen MR) is 81.1 cm³/mol. The first kappa shape index (κ1) is 15.4. The zero-order valence-corrected chi connectivity index (χ0v) is 13.3. The van der Waals surface area contributed by atoms with Crippen molar-refractivity contribution in [1.29, 1.82) is 0 Å². The summed E-state index contributed by atoms with van der Waals surface area (Å²) in [5.74, 6) is -0.701. The molecule has 2 rings (SSSR count). The average Bonchev–Trinajstić information content (AvgIpc) is 2.40. The molecule has 1 atom stereocenters. The zero-order chi connectivity index (χ0) is 14.9. The van der Waals surface area contributed by atoms with Crippen LogP contribution in [0, 0.1) is 18.6 Å². The van der Waals surface area contributed by atoms with Gasteiger partial charge in [-0.3, -0.25) is 0 Å². The molecule has 1 N–H and O–H groups in total. The van der Waals surface area contributed by atoms with Crippen LogP contribution in [0.15, 0.2) is 34.8 Å². The predicted octanol–water partition coefficient (Wildman–Crippen LogP) is 5.00. The van der Waals surface area contributed by atoms with E-state index in [9.17, 15) is 8.78 Å². The Morgan fingerprint density at radius 3 is 2.45 bits per heavy atom. The molecule has 0 radical (unpaired) electrons. The SMILES string of the molecule is CNC(c1ccc(Br)c(F)c1)c1cc(C)c(F)cc1Cl. The second-order valence-corrected chi connectivity index (χ2v) is 5.78. The third-order valence-corrected chi connectivity index (χ3v) is 4.13. The van der Waals surface area contributed by atoms with Crippen molar-refractivity contribution in [2.45, 2.75) is 13.0 Å². The van der Waals surface area contributed by atoms with Crippen molar-refractivity contribution >= 4 is 27.5 Å². The standard InChI is InChI=1S/C15H13BrClF2N/c1-8-5-10(12(17)7-13(8)18)15(20-2)9-3-4-11(16)14(19)6-9/h3-7,15,20H,1-2H3. The third-order valence-electron chi connectivity index (χ3n) is 3.15. The van der Waals surface area contributed by atoms with Crippen molar-refractivity contribution in [2.24, 2.45) is 0 Å². The van der Waals surface area contributed by atoms with Gasteiger partial charge in [-0.1, -0.05) is 17.7 Å². The number of aryl methyl sites for hydroxylation is 1. The molecule has 20 heavy (non-hydrogen) atoms. The topological polar surface area (TPSA) is 12.0 Å². The third kappa shape index (κ3) is 3.03. The molecule has 1 unspecified atom stereocenters. The van der Waals surface area contributed by atoms with E-state index in [0.29, 0.717) is 15.1 Å². The summed E-state index contributed by atoms with van der Waals surface area (Å²) in [6.07, 6.45) is 0. The summed E-state index contributed by atoms with van der Waals surface area (Å²) in [5.41, 5.74) is 1.94. The Balaban J connectivity index is 2.52. The fourth-order valence-corrected chi connectivity index (χ4v) is 2.60. The molecule has 0 aromatic heterocycles. The van der Waals surface area contributed by atoms with Gasteiger partial charge >= 0.3 is 0 Å². The van der Waals surface area contributed by atoms with Crippen LogP contribution in [0.1, 0.15) is 22.7 Å². The molecule has 0 fully saturated rings. The lowest BCUT2D eigenvalue weighted by atomic mass is 9.97. The molecule has 5 heteroatoms. The van der Waals surface area contributed by atoms with E-state index in [1.807, 2.05) is 0 Å². The first-order valence-corrected chi connectivity index (χ1v) is 7.19. The Morgan fingerprint density at radius 2 is 1.85 bits per heavy atom. The lowest BCUT2D eigenvalue weighted by molar-refractivity contribution is 0.606. The van der Waals surface area contributed by atoms with Gasteiger partial charge in [-0.2, -0.15) is 0 Å². The smallest absolute Gasteiger partial charge is 0.137 e. The number of benzene rings is 2. The van der Waals surface area contributed by atoms with Crippen LogP contribution in [-0.4, -0.2) is 7.05 Å². The van der Waals surface area contributed by atoms with E-state index in [0.717, 1.165) is 11.1 Å². The Kier molecular flexibility index (Phi) is 4.78. The second kappa shape index (κ2) is 6.20. The molecule has 0 bridgehead atoms. The van der Waals surface area contributed by atoms with Gasteiger partial charge < -0.3 is 5.32 Å². The lowest BCUT2D eigenvalue weighted by Gasteiger charge is -2.19. The number of hydrogen-bond donors (Lipinski definition) is 1. The van der Waals surface area contributed by atoms with Gasteiger partial charge in [-0.05, 0) is 70.9 Å². The number of hydrogen-bond acceptors (Lipinski definition) is 1. The van der Waals surface area contributed by atoms with Gasteiger partial charge in [-0.25, -0.2) is 8.78 Å². The maximum absolute atomic E-state index is 13.7. The maximum Gasteiger partial charge on any atom is 0.137 e. The van der Waals surface area contributed by atoms with Crippen LogP contribution in [0.4, 0.5) is 8.78 Å². The van der Waals surface area contributed by atoms with Gasteiger partial charge in [0, 0.05) is 5.02 Å². The van der Waals surface area contributed by atoms with Gasteiger partial charge in [0.05, 0.1) is 10.5 Å². The molecule has 0 spiro atoms. The van der Waals surface area contributed by atoms with Crippen LogP contribution in [0.3, 0.4) is 0 Å². The molecule has 0 heterocycles. The Morgan fingerprint density at radius 1 is 1.15 bits per heavy atom. The van der Waals surface area contributed by atoms with Crippen LogP contribution >= 0.6 is 27.5 Å². The highest BCUT2D eigenvalue weighted by Crippen LogP contribution is 2.31. The summed E-state index contributed by atoms with van der Waals surface area (Å²) in [6.45, 7) is 1.67. The minimum atomic E-state index is -0.351. The van der Waals surface area contributed by atoms with Gasteiger partial charge in [0.2, 0.25) is 0 Å². The molecule has 0 saturated heterocycles. The summed E-state index contributed by atoms with van der Waals surface area (Å²) < 4.78 is 27.5. The van der Waals surface area contributed by atoms with E-state index in [1.54, 1.807) is 32.2 Å². The summed E-state index contributed by atoms with van der Waals surface area (Å²) in [4.78, 5) is 0. The minimum absolute atomic E-state index is 0.301. The fourth-order valence-electron chi connectivity index (χ4n) is 2.09. The summed E-state index contributed by atoms with van der Waals surface area (Å²) in [6, 6.07) is 7.53. The molecular weight excluding hydrogens is 348 g/mol. The molecular formula is C15H13BrClF2N. The monoisotopic (exact) mass is 359 g/mol. The van der Waals surface area contributed by atoms with Crippen molar-refractivity contribution in [3.8, 4) is 0 Å². The quantitative estimate of drug-likeness (QED) is 0.812. The highest BCUT2D eigenvalue weighted by atomic mass is 79.9. The van der Waals surface area contributed by atoms with Gasteiger partial charge in [0.1, 0.15) is 11.6 Å². The minimum Gasteiger partial charge on any atom is -0.309 e. The average molecular weight is 361 g/mol. The van der Waals surface area contributed by atoms with Crippen LogP contribution in [-0.2, 0) is 0 Å². The molecule has 0 amide bonds. The highest BCUT2D eigenvalue weighted by Gasteiger charge is 2.18. The summed E-state index contributed by atoms with van der Waals surface area (Å²) in [7, 11) is 1.75. The van der Waals surface area contributed by atoms with Gasteiger partial charge in [-0.15, -0.1) is 0 Å². The molecule has 1 nitrogen and oxygen atoms in total. The normalized spacial score (nSPS) is 12.5. The van der Waals surface area contributed by atoms with E-state index in [1.165, 1.54) is 12.1 Å². The van der Waals surface area contributed by atoms with Crippen molar-refractivity contribution in [2.75, 3.05) is 7.05 Å². The molecule has 106 valence electrons. The van der Waals surface area contributed by atoms with Gasteiger partial charge in [0.15, 0.2) is 0 Å². The van der Waals surface area contributed by atoms with Crippen LogP contribution < -0.4 is 5.32 Å². The largest absolute Gasteiger partial charge is 0.309 e. The molecule has 2 aromatic carbocycles. The first-order chi connectivity index (χ1) is 9.43. The van der Waals surface area contributed by atoms with E-state index >= 15 is 0 Å². The molecule has 2 aromatic rings. The molecule has 0 saturated carbocycles. The zero-order valence-electron chi connectivity index (χ0n) is 11.0. The van der Waals surface area contributed by atoms with Crippen molar-refractivity contribution < 1.29 is 8.78 Å². The van der Waals surface area contributed by atoms with Crippen molar-refractivity contribution in [3.63, 3.8) is 0 Å².